The lowest BCUT2D eigenvalue weighted by Crippen LogP contribution is -2.08. The van der Waals surface area contributed by atoms with E-state index in [1.54, 1.807) is 39.3 Å². The Labute approximate surface area is 174 Å². The topological polar surface area (TPSA) is 65.0 Å². The third-order valence-corrected chi connectivity index (χ3v) is 4.93. The zero-order chi connectivity index (χ0) is 20.5. The molecule has 0 aliphatic rings. The Hall–Kier alpha value is -3.19. The number of aliphatic imine (C=N–C) groups is 1. The quantitative estimate of drug-likeness (QED) is 0.431. The molecule has 29 heavy (non-hydrogen) atoms. The minimum Gasteiger partial charge on any atom is -0.497 e. The van der Waals surface area contributed by atoms with E-state index >= 15 is 0 Å². The molecule has 7 heteroatoms. The summed E-state index contributed by atoms with van der Waals surface area (Å²) in [6, 6.07) is 19.1. The third-order valence-electron chi connectivity index (χ3n) is 4.02. The van der Waals surface area contributed by atoms with Gasteiger partial charge < -0.3 is 19.5 Å². The lowest BCUT2D eigenvalue weighted by molar-refractivity contribution is 0.413. The van der Waals surface area contributed by atoms with Gasteiger partial charge in [-0.25, -0.2) is 4.99 Å². The highest BCUT2D eigenvalue weighted by Crippen LogP contribution is 2.24. The summed E-state index contributed by atoms with van der Waals surface area (Å²) in [7, 11) is 4.94. The molecule has 3 aromatic rings. The third kappa shape index (κ3) is 6.15. The summed E-state index contributed by atoms with van der Waals surface area (Å²) < 4.78 is 15.7. The van der Waals surface area contributed by atoms with Crippen LogP contribution in [0.3, 0.4) is 0 Å². The number of anilines is 1. The number of hydrogen-bond donors (Lipinski definition) is 1. The molecule has 0 amide bonds. The predicted octanol–water partition coefficient (Wildman–Crippen LogP) is 5.14. The van der Waals surface area contributed by atoms with Crippen LogP contribution < -0.4 is 19.5 Å². The van der Waals surface area contributed by atoms with E-state index < -0.39 is 0 Å². The number of hydrogen-bond acceptors (Lipinski definition) is 6. The Balaban J connectivity index is 1.79. The molecule has 3 rings (SSSR count). The largest absolute Gasteiger partial charge is 0.497 e. The van der Waals surface area contributed by atoms with Crippen molar-refractivity contribution in [3.05, 3.63) is 72.6 Å². The fourth-order valence-corrected chi connectivity index (χ4v) is 3.27. The summed E-state index contributed by atoms with van der Waals surface area (Å²) >= 11 is 1.56. The fourth-order valence-electron chi connectivity index (χ4n) is 2.47. The van der Waals surface area contributed by atoms with Gasteiger partial charge in [0.05, 0.1) is 32.7 Å². The zero-order valence-electron chi connectivity index (χ0n) is 16.6. The van der Waals surface area contributed by atoms with Gasteiger partial charge >= 0.3 is 0 Å². The predicted molar refractivity (Wildman–Crippen MR) is 119 cm³/mol. The van der Waals surface area contributed by atoms with Crippen molar-refractivity contribution in [1.82, 2.24) is 4.98 Å². The summed E-state index contributed by atoms with van der Waals surface area (Å²) in [5.74, 6) is 3.03. The number of pyridine rings is 1. The number of rotatable bonds is 7. The number of amidine groups is 1. The Morgan fingerprint density at radius 1 is 0.862 bits per heavy atom. The molecule has 1 aromatic heterocycles. The number of methoxy groups -OCH3 is 3. The van der Waals surface area contributed by atoms with Crippen molar-refractivity contribution >= 4 is 28.3 Å². The van der Waals surface area contributed by atoms with Crippen LogP contribution in [0.5, 0.6) is 17.2 Å². The zero-order valence-corrected chi connectivity index (χ0v) is 17.4. The van der Waals surface area contributed by atoms with E-state index in [1.807, 2.05) is 60.7 Å². The first-order valence-electron chi connectivity index (χ1n) is 8.95. The highest BCUT2D eigenvalue weighted by Gasteiger charge is 2.06. The monoisotopic (exact) mass is 409 g/mol. The van der Waals surface area contributed by atoms with Gasteiger partial charge in [0, 0.05) is 23.7 Å². The maximum atomic E-state index is 5.28. The van der Waals surface area contributed by atoms with E-state index in [1.165, 1.54) is 0 Å². The molecular formula is C22H23N3O3S. The first-order chi connectivity index (χ1) is 14.2. The van der Waals surface area contributed by atoms with Crippen LogP contribution >= 0.6 is 11.8 Å². The minimum absolute atomic E-state index is 0.648. The van der Waals surface area contributed by atoms with Gasteiger partial charge in [0.2, 0.25) is 0 Å². The van der Waals surface area contributed by atoms with Gasteiger partial charge in [0.15, 0.2) is 5.17 Å². The van der Waals surface area contributed by atoms with E-state index in [4.69, 9.17) is 19.2 Å². The smallest absolute Gasteiger partial charge is 0.166 e. The Morgan fingerprint density at radius 2 is 1.48 bits per heavy atom. The SMILES string of the molecule is COc1ccc(N=C(Nc2ccc(OC)cc2)SCc2cc(OC)ccn2)cc1. The number of benzene rings is 2. The molecule has 0 fully saturated rings. The first-order valence-corrected chi connectivity index (χ1v) is 9.94. The van der Waals surface area contributed by atoms with E-state index in [9.17, 15) is 0 Å². The fraction of sp³-hybridized carbons (Fsp3) is 0.182. The minimum atomic E-state index is 0.648. The first kappa shape index (κ1) is 20.5. The molecule has 150 valence electrons. The van der Waals surface area contributed by atoms with Gasteiger partial charge in [0.25, 0.3) is 0 Å². The van der Waals surface area contributed by atoms with Crippen LogP contribution in [0.15, 0.2) is 71.9 Å². The average molecular weight is 410 g/mol. The molecule has 0 saturated heterocycles. The molecule has 0 aliphatic heterocycles. The van der Waals surface area contributed by atoms with E-state index in [0.717, 1.165) is 39.5 Å². The summed E-state index contributed by atoms with van der Waals surface area (Å²) in [5.41, 5.74) is 2.66. The summed E-state index contributed by atoms with van der Waals surface area (Å²) in [6.07, 6.45) is 1.74. The van der Waals surface area contributed by atoms with Crippen molar-refractivity contribution in [1.29, 1.82) is 0 Å². The van der Waals surface area contributed by atoms with Crippen LogP contribution in [0.2, 0.25) is 0 Å². The van der Waals surface area contributed by atoms with Crippen molar-refractivity contribution < 1.29 is 14.2 Å². The standard InChI is InChI=1S/C22H23N3O3S/c1-26-19-8-4-16(5-9-19)24-22(25-17-6-10-20(27-2)11-7-17)29-15-18-14-21(28-3)12-13-23-18/h4-14H,15H2,1-3H3,(H,24,25). The van der Waals surface area contributed by atoms with Gasteiger partial charge in [-0.3, -0.25) is 4.98 Å². The van der Waals surface area contributed by atoms with Crippen LogP contribution in [-0.4, -0.2) is 31.5 Å². The van der Waals surface area contributed by atoms with Crippen LogP contribution in [0.4, 0.5) is 11.4 Å². The number of aromatic nitrogens is 1. The Bertz CT molecular complexity index is 944. The normalized spacial score (nSPS) is 11.1. The van der Waals surface area contributed by atoms with Gasteiger partial charge in [-0.05, 0) is 54.6 Å². The van der Waals surface area contributed by atoms with E-state index in [2.05, 4.69) is 10.3 Å². The maximum Gasteiger partial charge on any atom is 0.166 e. The van der Waals surface area contributed by atoms with Crippen LogP contribution in [0, 0.1) is 0 Å². The maximum absolute atomic E-state index is 5.28. The molecule has 1 N–H and O–H groups in total. The average Bonchev–Trinajstić information content (AvgIpc) is 2.78. The summed E-state index contributed by atoms with van der Waals surface area (Å²) in [6.45, 7) is 0. The molecule has 1 heterocycles. The Morgan fingerprint density at radius 3 is 2.10 bits per heavy atom. The summed E-state index contributed by atoms with van der Waals surface area (Å²) in [5, 5.41) is 4.13. The lowest BCUT2D eigenvalue weighted by Gasteiger charge is -2.11. The van der Waals surface area contributed by atoms with Crippen molar-refractivity contribution in [3.8, 4) is 17.2 Å². The van der Waals surface area contributed by atoms with Crippen LogP contribution in [0.25, 0.3) is 0 Å². The Kier molecular flexibility index (Phi) is 7.35. The summed E-state index contributed by atoms with van der Waals surface area (Å²) in [4.78, 5) is 9.15. The molecule has 0 aliphatic carbocycles. The van der Waals surface area contributed by atoms with E-state index in [0.29, 0.717) is 5.75 Å². The van der Waals surface area contributed by atoms with Crippen LogP contribution in [0.1, 0.15) is 5.69 Å². The highest BCUT2D eigenvalue weighted by molar-refractivity contribution is 8.13. The second-order valence-corrected chi connectivity index (χ2v) is 6.91. The molecule has 0 unspecified atom stereocenters. The molecule has 6 nitrogen and oxygen atoms in total. The second-order valence-electron chi connectivity index (χ2n) is 5.94. The number of nitrogens with one attached hydrogen (secondary N) is 1. The van der Waals surface area contributed by atoms with Gasteiger partial charge in [-0.2, -0.15) is 0 Å². The molecule has 0 atom stereocenters. The number of nitrogens with zero attached hydrogens (tertiary/aromatic N) is 2. The lowest BCUT2D eigenvalue weighted by atomic mass is 10.3. The van der Waals surface area contributed by atoms with Crippen molar-refractivity contribution in [2.24, 2.45) is 4.99 Å². The van der Waals surface area contributed by atoms with Gasteiger partial charge in [-0.15, -0.1) is 0 Å². The molecule has 0 saturated carbocycles. The number of thioether (sulfide) groups is 1. The van der Waals surface area contributed by atoms with Crippen molar-refractivity contribution in [3.63, 3.8) is 0 Å². The van der Waals surface area contributed by atoms with Crippen molar-refractivity contribution in [2.45, 2.75) is 5.75 Å². The number of ether oxygens (including phenoxy) is 3. The molecule has 0 radical (unpaired) electrons. The van der Waals surface area contributed by atoms with Gasteiger partial charge in [-0.1, -0.05) is 11.8 Å². The highest BCUT2D eigenvalue weighted by atomic mass is 32.2. The van der Waals surface area contributed by atoms with E-state index in [-0.39, 0.29) is 0 Å². The molecular weight excluding hydrogens is 386 g/mol. The van der Waals surface area contributed by atoms with Gasteiger partial charge in [0.1, 0.15) is 17.2 Å². The molecule has 0 bridgehead atoms. The van der Waals surface area contributed by atoms with Crippen LogP contribution in [-0.2, 0) is 5.75 Å². The molecule has 0 spiro atoms. The molecule has 2 aromatic carbocycles. The van der Waals surface area contributed by atoms with Crippen molar-refractivity contribution in [2.75, 3.05) is 26.6 Å². The second kappa shape index (κ2) is 10.4.